The molecule has 0 amide bonds. The lowest BCUT2D eigenvalue weighted by Crippen LogP contribution is -2.24. The monoisotopic (exact) mass is 373 g/mol. The highest BCUT2D eigenvalue weighted by atomic mass is 127. The van der Waals surface area contributed by atoms with Crippen molar-refractivity contribution in [1.29, 1.82) is 0 Å². The number of nitrogens with two attached hydrogens (primary N) is 1. The van der Waals surface area contributed by atoms with Gasteiger partial charge in [0.25, 0.3) is 0 Å². The van der Waals surface area contributed by atoms with Crippen molar-refractivity contribution < 1.29 is 0 Å². The fourth-order valence-electron chi connectivity index (χ4n) is 2.27. The van der Waals surface area contributed by atoms with Crippen molar-refractivity contribution >= 4 is 35.6 Å². The molecular weight excluding hydrogens is 349 g/mol. The van der Waals surface area contributed by atoms with Gasteiger partial charge >= 0.3 is 0 Å². The zero-order chi connectivity index (χ0) is 13.0. The SMILES string of the molecule is CCCC1(CN=C(N)Nc2ccc(C)cc2)CC1.I. The Morgan fingerprint density at radius 1 is 1.32 bits per heavy atom. The molecule has 0 bridgehead atoms. The molecule has 3 N–H and O–H groups in total. The van der Waals surface area contributed by atoms with Crippen LogP contribution in [0, 0.1) is 12.3 Å². The third-order valence-electron chi connectivity index (χ3n) is 3.65. The van der Waals surface area contributed by atoms with Crippen LogP contribution < -0.4 is 11.1 Å². The Morgan fingerprint density at radius 2 is 1.95 bits per heavy atom. The zero-order valence-corrected chi connectivity index (χ0v) is 14.1. The van der Waals surface area contributed by atoms with Gasteiger partial charge in [0.2, 0.25) is 0 Å². The van der Waals surface area contributed by atoms with E-state index >= 15 is 0 Å². The predicted molar refractivity (Wildman–Crippen MR) is 93.3 cm³/mol. The van der Waals surface area contributed by atoms with Gasteiger partial charge in [-0.2, -0.15) is 0 Å². The lowest BCUT2D eigenvalue weighted by molar-refractivity contribution is 0.473. The second-order valence-corrected chi connectivity index (χ2v) is 5.44. The van der Waals surface area contributed by atoms with E-state index in [-0.39, 0.29) is 24.0 Å². The number of guanidine groups is 1. The first kappa shape index (κ1) is 16.3. The quantitative estimate of drug-likeness (QED) is 0.467. The van der Waals surface area contributed by atoms with Gasteiger partial charge in [0, 0.05) is 12.2 Å². The van der Waals surface area contributed by atoms with Crippen molar-refractivity contribution in [3.63, 3.8) is 0 Å². The molecule has 1 aromatic rings. The van der Waals surface area contributed by atoms with Crippen LogP contribution in [0.25, 0.3) is 0 Å². The molecule has 19 heavy (non-hydrogen) atoms. The average Bonchev–Trinajstić information content (AvgIpc) is 3.11. The van der Waals surface area contributed by atoms with E-state index < -0.39 is 0 Å². The molecule has 0 heterocycles. The number of nitrogens with one attached hydrogen (secondary N) is 1. The van der Waals surface area contributed by atoms with Crippen molar-refractivity contribution in [2.24, 2.45) is 16.1 Å². The van der Waals surface area contributed by atoms with Crippen LogP contribution >= 0.6 is 24.0 Å². The van der Waals surface area contributed by atoms with E-state index in [1.54, 1.807) is 0 Å². The molecule has 0 saturated heterocycles. The maximum absolute atomic E-state index is 5.91. The van der Waals surface area contributed by atoms with Crippen molar-refractivity contribution in [1.82, 2.24) is 0 Å². The Balaban J connectivity index is 0.00000180. The molecule has 1 fully saturated rings. The van der Waals surface area contributed by atoms with E-state index in [0.717, 1.165) is 12.2 Å². The molecule has 0 radical (unpaired) electrons. The van der Waals surface area contributed by atoms with E-state index in [9.17, 15) is 0 Å². The molecule has 0 aliphatic heterocycles. The van der Waals surface area contributed by atoms with Crippen LogP contribution in [0.15, 0.2) is 29.3 Å². The highest BCUT2D eigenvalue weighted by Gasteiger charge is 2.41. The molecule has 1 aromatic carbocycles. The van der Waals surface area contributed by atoms with Crippen LogP contribution in [-0.4, -0.2) is 12.5 Å². The maximum atomic E-state index is 5.91. The van der Waals surface area contributed by atoms with Gasteiger partial charge in [-0.05, 0) is 43.7 Å². The molecule has 3 nitrogen and oxygen atoms in total. The Morgan fingerprint density at radius 3 is 2.47 bits per heavy atom. The minimum atomic E-state index is 0. The highest BCUT2D eigenvalue weighted by Crippen LogP contribution is 2.49. The van der Waals surface area contributed by atoms with Gasteiger partial charge in [0.15, 0.2) is 5.96 Å². The summed E-state index contributed by atoms with van der Waals surface area (Å²) in [7, 11) is 0. The number of halogens is 1. The number of hydrogen-bond acceptors (Lipinski definition) is 1. The summed E-state index contributed by atoms with van der Waals surface area (Å²) in [5, 5.41) is 3.14. The summed E-state index contributed by atoms with van der Waals surface area (Å²) in [6.07, 6.45) is 5.12. The normalized spacial score (nSPS) is 16.6. The zero-order valence-electron chi connectivity index (χ0n) is 11.8. The Kier molecular flexibility index (Phi) is 6.10. The number of aryl methyl sites for hydroxylation is 1. The van der Waals surface area contributed by atoms with Gasteiger partial charge in [-0.25, -0.2) is 0 Å². The molecule has 0 spiro atoms. The molecule has 0 aromatic heterocycles. The van der Waals surface area contributed by atoms with E-state index in [2.05, 4.69) is 36.3 Å². The summed E-state index contributed by atoms with van der Waals surface area (Å²) in [6.45, 7) is 5.17. The first-order chi connectivity index (χ1) is 8.63. The highest BCUT2D eigenvalue weighted by molar-refractivity contribution is 14.0. The maximum Gasteiger partial charge on any atom is 0.193 e. The fraction of sp³-hybridized carbons (Fsp3) is 0.533. The molecule has 2 rings (SSSR count). The molecule has 4 heteroatoms. The van der Waals surface area contributed by atoms with Crippen molar-refractivity contribution in [2.45, 2.75) is 39.5 Å². The Hall–Kier alpha value is -0.780. The van der Waals surface area contributed by atoms with Crippen LogP contribution in [0.2, 0.25) is 0 Å². The number of benzene rings is 1. The summed E-state index contributed by atoms with van der Waals surface area (Å²) >= 11 is 0. The first-order valence-corrected chi connectivity index (χ1v) is 6.77. The first-order valence-electron chi connectivity index (χ1n) is 6.77. The second kappa shape index (κ2) is 7.12. The van der Waals surface area contributed by atoms with Crippen LogP contribution in [0.4, 0.5) is 5.69 Å². The Labute approximate surface area is 133 Å². The van der Waals surface area contributed by atoms with Crippen molar-refractivity contribution in [3.05, 3.63) is 29.8 Å². The van der Waals surface area contributed by atoms with Crippen molar-refractivity contribution in [3.8, 4) is 0 Å². The fourth-order valence-corrected chi connectivity index (χ4v) is 2.27. The number of nitrogens with zero attached hydrogens (tertiary/aromatic N) is 1. The molecule has 1 aliphatic carbocycles. The summed E-state index contributed by atoms with van der Waals surface area (Å²) in [5.74, 6) is 0.529. The number of hydrogen-bond donors (Lipinski definition) is 2. The van der Waals surface area contributed by atoms with Gasteiger partial charge in [-0.3, -0.25) is 4.99 Å². The van der Waals surface area contributed by atoms with Crippen LogP contribution in [0.1, 0.15) is 38.2 Å². The van der Waals surface area contributed by atoms with Gasteiger partial charge in [0.1, 0.15) is 0 Å². The summed E-state index contributed by atoms with van der Waals surface area (Å²) in [5.41, 5.74) is 8.63. The summed E-state index contributed by atoms with van der Waals surface area (Å²) < 4.78 is 0. The van der Waals surface area contributed by atoms with E-state index in [0.29, 0.717) is 11.4 Å². The molecule has 106 valence electrons. The van der Waals surface area contributed by atoms with Gasteiger partial charge < -0.3 is 11.1 Å². The molecule has 0 atom stereocenters. The van der Waals surface area contributed by atoms with E-state index in [4.69, 9.17) is 5.73 Å². The van der Waals surface area contributed by atoms with Gasteiger partial charge in [-0.1, -0.05) is 31.0 Å². The number of rotatable bonds is 5. The van der Waals surface area contributed by atoms with Crippen LogP contribution in [0.3, 0.4) is 0 Å². The smallest absolute Gasteiger partial charge is 0.193 e. The lowest BCUT2D eigenvalue weighted by atomic mass is 10.0. The van der Waals surface area contributed by atoms with Crippen molar-refractivity contribution in [2.75, 3.05) is 11.9 Å². The minimum Gasteiger partial charge on any atom is -0.370 e. The third kappa shape index (κ3) is 5.01. The second-order valence-electron chi connectivity index (χ2n) is 5.44. The van der Waals surface area contributed by atoms with Gasteiger partial charge in [0.05, 0.1) is 0 Å². The van der Waals surface area contributed by atoms with Gasteiger partial charge in [-0.15, -0.1) is 24.0 Å². The van der Waals surface area contributed by atoms with E-state index in [1.807, 2.05) is 12.1 Å². The minimum absolute atomic E-state index is 0. The topological polar surface area (TPSA) is 50.4 Å². The number of anilines is 1. The largest absolute Gasteiger partial charge is 0.370 e. The van der Waals surface area contributed by atoms with Crippen LogP contribution in [0.5, 0.6) is 0 Å². The molecular formula is C15H24IN3. The third-order valence-corrected chi connectivity index (χ3v) is 3.65. The predicted octanol–water partition coefficient (Wildman–Crippen LogP) is 3.92. The van der Waals surface area contributed by atoms with Crippen LogP contribution in [-0.2, 0) is 0 Å². The standard InChI is InChI=1S/C15H23N3.HI/c1-3-8-15(9-10-15)11-17-14(16)18-13-6-4-12(2)5-7-13;/h4-7H,3,8-11H2,1-2H3,(H3,16,17,18);1H. The molecule has 0 unspecified atom stereocenters. The Bertz CT molecular complexity index is 422. The lowest BCUT2D eigenvalue weighted by Gasteiger charge is -2.11. The molecule has 1 saturated carbocycles. The summed E-state index contributed by atoms with van der Waals surface area (Å²) in [6, 6.07) is 8.18. The summed E-state index contributed by atoms with van der Waals surface area (Å²) in [4.78, 5) is 4.48. The molecule has 1 aliphatic rings. The number of aliphatic imine (C=N–C) groups is 1. The average molecular weight is 373 g/mol. The van der Waals surface area contributed by atoms with E-state index in [1.165, 1.54) is 31.2 Å².